The molecule has 4 heteroatoms. The first kappa shape index (κ1) is 9.84. The number of rotatable bonds is 2. The molecule has 0 unspecified atom stereocenters. The van der Waals surface area contributed by atoms with Crippen LogP contribution in [0.2, 0.25) is 0 Å². The first-order valence-corrected chi connectivity index (χ1v) is 5.30. The van der Waals surface area contributed by atoms with Crippen molar-refractivity contribution in [3.05, 3.63) is 41.0 Å². The van der Waals surface area contributed by atoms with Crippen molar-refractivity contribution in [1.29, 1.82) is 5.26 Å². The average molecular weight is 215 g/mol. The molecule has 0 bridgehead atoms. The highest BCUT2D eigenvalue weighted by Gasteiger charge is 2.02. The molecule has 2 aromatic heterocycles. The summed E-state index contributed by atoms with van der Waals surface area (Å²) in [7, 11) is 0. The molecule has 2 N–H and O–H groups in total. The number of pyridine rings is 1. The van der Waals surface area contributed by atoms with Gasteiger partial charge < -0.3 is 5.73 Å². The van der Waals surface area contributed by atoms with Gasteiger partial charge in [-0.2, -0.15) is 5.26 Å². The van der Waals surface area contributed by atoms with E-state index in [4.69, 9.17) is 11.0 Å². The van der Waals surface area contributed by atoms with Crippen molar-refractivity contribution in [2.24, 2.45) is 5.73 Å². The molecule has 0 aliphatic heterocycles. The third kappa shape index (κ3) is 2.04. The maximum absolute atomic E-state index is 8.71. The molecule has 15 heavy (non-hydrogen) atoms. The highest BCUT2D eigenvalue weighted by molar-refractivity contribution is 7.16. The van der Waals surface area contributed by atoms with Crippen molar-refractivity contribution in [3.63, 3.8) is 0 Å². The largest absolute Gasteiger partial charge is 0.325 e. The van der Waals surface area contributed by atoms with Gasteiger partial charge >= 0.3 is 0 Å². The maximum Gasteiger partial charge on any atom is 0.110 e. The zero-order valence-electron chi connectivity index (χ0n) is 7.97. The van der Waals surface area contributed by atoms with Gasteiger partial charge in [-0.05, 0) is 18.2 Å². The highest BCUT2D eigenvalue weighted by Crippen LogP contribution is 2.26. The van der Waals surface area contributed by atoms with Gasteiger partial charge in [-0.1, -0.05) is 6.07 Å². The van der Waals surface area contributed by atoms with Crippen molar-refractivity contribution in [3.8, 4) is 16.5 Å². The van der Waals surface area contributed by atoms with E-state index in [-0.39, 0.29) is 0 Å². The number of aromatic nitrogens is 1. The number of nitrogens with two attached hydrogens (primary N) is 1. The Kier molecular flexibility index (Phi) is 2.77. The SMILES string of the molecule is N#Cc1ccc(-c2ccc(CN)nc2)s1. The van der Waals surface area contributed by atoms with E-state index in [1.54, 1.807) is 6.20 Å². The lowest BCUT2D eigenvalue weighted by Gasteiger charge is -1.98. The summed E-state index contributed by atoms with van der Waals surface area (Å²) in [5, 5.41) is 8.71. The monoisotopic (exact) mass is 215 g/mol. The predicted octanol–water partition coefficient (Wildman–Crippen LogP) is 2.14. The predicted molar refractivity (Wildman–Crippen MR) is 60.2 cm³/mol. The van der Waals surface area contributed by atoms with Crippen LogP contribution in [-0.2, 0) is 6.54 Å². The molecule has 0 spiro atoms. The summed E-state index contributed by atoms with van der Waals surface area (Å²) in [6, 6.07) is 9.75. The van der Waals surface area contributed by atoms with Gasteiger partial charge in [0.05, 0.1) is 5.69 Å². The molecule has 0 atom stereocenters. The fourth-order valence-electron chi connectivity index (χ4n) is 1.24. The van der Waals surface area contributed by atoms with Crippen LogP contribution in [0, 0.1) is 11.3 Å². The lowest BCUT2D eigenvalue weighted by atomic mass is 10.2. The standard InChI is InChI=1S/C11H9N3S/c12-5-9-2-1-8(7-14-9)11-4-3-10(6-13)15-11/h1-4,7H,5,12H2. The summed E-state index contributed by atoms with van der Waals surface area (Å²) >= 11 is 1.47. The Morgan fingerprint density at radius 1 is 1.33 bits per heavy atom. The van der Waals surface area contributed by atoms with Crippen LogP contribution in [0.5, 0.6) is 0 Å². The van der Waals surface area contributed by atoms with E-state index in [2.05, 4.69) is 11.1 Å². The van der Waals surface area contributed by atoms with Gasteiger partial charge in [0.1, 0.15) is 10.9 Å². The van der Waals surface area contributed by atoms with Crippen LogP contribution in [0.3, 0.4) is 0 Å². The van der Waals surface area contributed by atoms with Gasteiger partial charge in [0.2, 0.25) is 0 Å². The molecule has 0 fully saturated rings. The molecule has 2 heterocycles. The quantitative estimate of drug-likeness (QED) is 0.834. The van der Waals surface area contributed by atoms with E-state index in [0.717, 1.165) is 16.1 Å². The third-order valence-corrected chi connectivity index (χ3v) is 3.07. The third-order valence-electron chi connectivity index (χ3n) is 2.03. The fourth-order valence-corrected chi connectivity index (χ4v) is 2.04. The number of nitriles is 1. The van der Waals surface area contributed by atoms with E-state index in [1.807, 2.05) is 24.3 Å². The van der Waals surface area contributed by atoms with E-state index in [1.165, 1.54) is 11.3 Å². The molecule has 2 rings (SSSR count). The van der Waals surface area contributed by atoms with Crippen molar-refractivity contribution >= 4 is 11.3 Å². The van der Waals surface area contributed by atoms with E-state index < -0.39 is 0 Å². The van der Waals surface area contributed by atoms with Gasteiger partial charge in [-0.15, -0.1) is 11.3 Å². The topological polar surface area (TPSA) is 62.7 Å². The fraction of sp³-hybridized carbons (Fsp3) is 0.0909. The molecule has 0 aromatic carbocycles. The molecule has 2 aromatic rings. The van der Waals surface area contributed by atoms with Crippen molar-refractivity contribution < 1.29 is 0 Å². The van der Waals surface area contributed by atoms with Crippen LogP contribution < -0.4 is 5.73 Å². The molecule has 0 saturated heterocycles. The van der Waals surface area contributed by atoms with Gasteiger partial charge in [0.25, 0.3) is 0 Å². The molecule has 0 aliphatic rings. The molecular weight excluding hydrogens is 206 g/mol. The molecule has 0 aliphatic carbocycles. The smallest absolute Gasteiger partial charge is 0.110 e. The second-order valence-corrected chi connectivity index (χ2v) is 4.10. The molecule has 3 nitrogen and oxygen atoms in total. The Bertz CT molecular complexity index is 493. The first-order valence-electron chi connectivity index (χ1n) is 4.49. The average Bonchev–Trinajstić information content (AvgIpc) is 2.78. The van der Waals surface area contributed by atoms with Crippen LogP contribution in [0.15, 0.2) is 30.5 Å². The van der Waals surface area contributed by atoms with E-state index in [0.29, 0.717) is 11.4 Å². The number of nitrogens with zero attached hydrogens (tertiary/aromatic N) is 2. The summed E-state index contributed by atoms with van der Waals surface area (Å²) in [4.78, 5) is 5.98. The van der Waals surface area contributed by atoms with E-state index in [9.17, 15) is 0 Å². The van der Waals surface area contributed by atoms with Crippen LogP contribution in [0.4, 0.5) is 0 Å². The number of hydrogen-bond acceptors (Lipinski definition) is 4. The Morgan fingerprint density at radius 2 is 2.20 bits per heavy atom. The Labute approximate surface area is 91.8 Å². The van der Waals surface area contributed by atoms with Crippen molar-refractivity contribution in [2.45, 2.75) is 6.54 Å². The summed E-state index contributed by atoms with van der Waals surface area (Å²) < 4.78 is 0. The molecule has 74 valence electrons. The van der Waals surface area contributed by atoms with Crippen LogP contribution in [-0.4, -0.2) is 4.98 Å². The second kappa shape index (κ2) is 4.22. The number of thiophene rings is 1. The molecule has 0 saturated carbocycles. The summed E-state index contributed by atoms with van der Waals surface area (Å²) in [5.41, 5.74) is 7.36. The molecule has 0 radical (unpaired) electrons. The van der Waals surface area contributed by atoms with Gasteiger partial charge in [-0.25, -0.2) is 0 Å². The normalized spacial score (nSPS) is 9.87. The van der Waals surface area contributed by atoms with Crippen LogP contribution in [0.25, 0.3) is 10.4 Å². The number of hydrogen-bond donors (Lipinski definition) is 1. The van der Waals surface area contributed by atoms with E-state index >= 15 is 0 Å². The van der Waals surface area contributed by atoms with Crippen molar-refractivity contribution in [1.82, 2.24) is 4.98 Å². The highest BCUT2D eigenvalue weighted by atomic mass is 32.1. The summed E-state index contributed by atoms with van der Waals surface area (Å²) in [6.45, 7) is 0.453. The lowest BCUT2D eigenvalue weighted by Crippen LogP contribution is -1.98. The second-order valence-electron chi connectivity index (χ2n) is 3.02. The summed E-state index contributed by atoms with van der Waals surface area (Å²) in [6.07, 6.45) is 1.79. The minimum absolute atomic E-state index is 0.453. The zero-order valence-corrected chi connectivity index (χ0v) is 8.79. The maximum atomic E-state index is 8.71. The zero-order chi connectivity index (χ0) is 10.7. The molecule has 0 amide bonds. The Balaban J connectivity index is 2.33. The van der Waals surface area contributed by atoms with Crippen LogP contribution in [0.1, 0.15) is 10.6 Å². The van der Waals surface area contributed by atoms with Gasteiger partial charge in [-0.3, -0.25) is 4.98 Å². The van der Waals surface area contributed by atoms with Crippen molar-refractivity contribution in [2.75, 3.05) is 0 Å². The Hall–Kier alpha value is -1.70. The van der Waals surface area contributed by atoms with Gasteiger partial charge in [0, 0.05) is 23.2 Å². The summed E-state index contributed by atoms with van der Waals surface area (Å²) in [5.74, 6) is 0. The van der Waals surface area contributed by atoms with Crippen LogP contribution >= 0.6 is 11.3 Å². The Morgan fingerprint density at radius 3 is 2.73 bits per heavy atom. The first-order chi connectivity index (χ1) is 7.33. The molecular formula is C11H9N3S. The minimum atomic E-state index is 0.453. The lowest BCUT2D eigenvalue weighted by molar-refractivity contribution is 0.992. The minimum Gasteiger partial charge on any atom is -0.325 e. The van der Waals surface area contributed by atoms with Gasteiger partial charge in [0.15, 0.2) is 0 Å².